The summed E-state index contributed by atoms with van der Waals surface area (Å²) in [6.07, 6.45) is 1.75. The van der Waals surface area contributed by atoms with E-state index in [9.17, 15) is 0 Å². The van der Waals surface area contributed by atoms with Crippen LogP contribution in [0.1, 0.15) is 5.89 Å². The summed E-state index contributed by atoms with van der Waals surface area (Å²) in [5.41, 5.74) is 0.851. The second-order valence-corrected chi connectivity index (χ2v) is 4.55. The lowest BCUT2D eigenvalue weighted by Crippen LogP contribution is -2.36. The molecule has 1 aromatic heterocycles. The van der Waals surface area contributed by atoms with Crippen LogP contribution in [0.4, 0.5) is 0 Å². The van der Waals surface area contributed by atoms with Gasteiger partial charge >= 0.3 is 0 Å². The van der Waals surface area contributed by atoms with Crippen LogP contribution >= 0.6 is 11.6 Å². The average molecular weight is 306 g/mol. The zero-order valence-electron chi connectivity index (χ0n) is 11.6. The highest BCUT2D eigenvalue weighted by atomic mass is 35.5. The summed E-state index contributed by atoms with van der Waals surface area (Å²) >= 11 is 5.85. The fraction of sp³-hybridized carbons (Fsp3) is 0.214. The summed E-state index contributed by atoms with van der Waals surface area (Å²) in [6, 6.07) is 7.25. The maximum absolute atomic E-state index is 5.85. The van der Waals surface area contributed by atoms with Crippen molar-refractivity contribution in [2.24, 2.45) is 4.99 Å². The number of hydrogen-bond acceptors (Lipinski definition) is 4. The number of halogens is 1. The van der Waals surface area contributed by atoms with Gasteiger partial charge in [0.2, 0.25) is 11.7 Å². The number of rotatable bonds is 5. The van der Waals surface area contributed by atoms with E-state index >= 15 is 0 Å². The Morgan fingerprint density at radius 3 is 2.81 bits per heavy atom. The van der Waals surface area contributed by atoms with E-state index in [1.54, 1.807) is 25.3 Å². The topological polar surface area (TPSA) is 75.3 Å². The van der Waals surface area contributed by atoms with Gasteiger partial charge in [-0.2, -0.15) is 4.98 Å². The molecule has 0 radical (unpaired) electrons. The van der Waals surface area contributed by atoms with Crippen LogP contribution in [-0.2, 0) is 6.54 Å². The first kappa shape index (κ1) is 15.1. The molecule has 2 rings (SSSR count). The molecule has 110 valence electrons. The third-order valence-electron chi connectivity index (χ3n) is 2.62. The van der Waals surface area contributed by atoms with Gasteiger partial charge in [-0.3, -0.25) is 4.99 Å². The Labute approximate surface area is 127 Å². The predicted octanol–water partition coefficient (Wildman–Crippen LogP) is 2.24. The lowest BCUT2D eigenvalue weighted by molar-refractivity contribution is 0.375. The molecule has 0 amide bonds. The van der Waals surface area contributed by atoms with E-state index in [1.165, 1.54) is 0 Å². The summed E-state index contributed by atoms with van der Waals surface area (Å²) in [7, 11) is 1.69. The largest absolute Gasteiger partial charge is 0.353 e. The first-order chi connectivity index (χ1) is 10.2. The molecule has 0 saturated carbocycles. The summed E-state index contributed by atoms with van der Waals surface area (Å²) in [6.45, 7) is 4.64. The standard InChI is InChI=1S/C14H16ClN5O/c1-3-8-17-14(16-2)18-9-12-19-13(20-21-12)10-4-6-11(15)7-5-10/h3-7H,1,8-9H2,2H3,(H2,16,17,18). The Balaban J connectivity index is 1.97. The second kappa shape index (κ2) is 7.44. The summed E-state index contributed by atoms with van der Waals surface area (Å²) in [4.78, 5) is 8.37. The molecule has 0 aliphatic heterocycles. The van der Waals surface area contributed by atoms with E-state index in [0.717, 1.165) is 5.56 Å². The van der Waals surface area contributed by atoms with Crippen LogP contribution in [0.25, 0.3) is 11.4 Å². The molecule has 2 aromatic rings. The predicted molar refractivity (Wildman–Crippen MR) is 83.1 cm³/mol. The Morgan fingerprint density at radius 1 is 1.38 bits per heavy atom. The first-order valence-corrected chi connectivity index (χ1v) is 6.74. The van der Waals surface area contributed by atoms with Gasteiger partial charge in [0, 0.05) is 24.2 Å². The fourth-order valence-electron chi connectivity index (χ4n) is 1.59. The molecule has 0 unspecified atom stereocenters. The van der Waals surface area contributed by atoms with Gasteiger partial charge in [-0.15, -0.1) is 6.58 Å². The van der Waals surface area contributed by atoms with Crippen molar-refractivity contribution in [2.75, 3.05) is 13.6 Å². The van der Waals surface area contributed by atoms with Crippen molar-refractivity contribution in [1.29, 1.82) is 0 Å². The minimum Gasteiger partial charge on any atom is -0.353 e. The van der Waals surface area contributed by atoms with E-state index in [2.05, 4.69) is 32.3 Å². The van der Waals surface area contributed by atoms with Gasteiger partial charge in [-0.05, 0) is 24.3 Å². The van der Waals surface area contributed by atoms with E-state index in [1.807, 2.05) is 12.1 Å². The van der Waals surface area contributed by atoms with Crippen LogP contribution in [0, 0.1) is 0 Å². The number of aliphatic imine (C=N–C) groups is 1. The zero-order chi connectivity index (χ0) is 15.1. The normalized spacial score (nSPS) is 11.2. The highest BCUT2D eigenvalue weighted by molar-refractivity contribution is 6.30. The van der Waals surface area contributed by atoms with Crippen molar-refractivity contribution in [1.82, 2.24) is 20.8 Å². The molecule has 0 aliphatic rings. The summed E-state index contributed by atoms with van der Waals surface area (Å²) < 4.78 is 5.19. The van der Waals surface area contributed by atoms with Crippen LogP contribution in [0.5, 0.6) is 0 Å². The molecule has 0 aliphatic carbocycles. The SMILES string of the molecule is C=CCNC(=NC)NCc1nc(-c2ccc(Cl)cc2)no1. The van der Waals surface area contributed by atoms with Crippen LogP contribution < -0.4 is 10.6 Å². The third-order valence-corrected chi connectivity index (χ3v) is 2.87. The Hall–Kier alpha value is -2.34. The van der Waals surface area contributed by atoms with Gasteiger partial charge in [0.1, 0.15) is 0 Å². The van der Waals surface area contributed by atoms with Gasteiger partial charge in [-0.25, -0.2) is 0 Å². The molecule has 1 aromatic carbocycles. The van der Waals surface area contributed by atoms with Gasteiger partial charge in [-0.1, -0.05) is 22.8 Å². The monoisotopic (exact) mass is 305 g/mol. The lowest BCUT2D eigenvalue weighted by Gasteiger charge is -2.07. The van der Waals surface area contributed by atoms with E-state index < -0.39 is 0 Å². The molecule has 7 heteroatoms. The molecule has 21 heavy (non-hydrogen) atoms. The highest BCUT2D eigenvalue weighted by Crippen LogP contribution is 2.18. The molecule has 0 atom stereocenters. The van der Waals surface area contributed by atoms with Crippen molar-refractivity contribution in [3.63, 3.8) is 0 Å². The van der Waals surface area contributed by atoms with Crippen LogP contribution in [0.2, 0.25) is 5.02 Å². The summed E-state index contributed by atoms with van der Waals surface area (Å²) in [5, 5.41) is 10.7. The molecule has 0 bridgehead atoms. The number of hydrogen-bond donors (Lipinski definition) is 2. The van der Waals surface area contributed by atoms with Crippen molar-refractivity contribution < 1.29 is 4.52 Å². The Morgan fingerprint density at radius 2 is 2.14 bits per heavy atom. The van der Waals surface area contributed by atoms with Gasteiger partial charge in [0.15, 0.2) is 5.96 Å². The number of guanidine groups is 1. The van der Waals surface area contributed by atoms with Crippen LogP contribution in [0.15, 0.2) is 46.4 Å². The third kappa shape index (κ3) is 4.32. The zero-order valence-corrected chi connectivity index (χ0v) is 12.4. The molecule has 6 nitrogen and oxygen atoms in total. The van der Waals surface area contributed by atoms with Crippen molar-refractivity contribution in [3.8, 4) is 11.4 Å². The van der Waals surface area contributed by atoms with Gasteiger partial charge in [0.25, 0.3) is 0 Å². The smallest absolute Gasteiger partial charge is 0.246 e. The number of nitrogens with zero attached hydrogens (tertiary/aromatic N) is 3. The Kier molecular flexibility index (Phi) is 5.34. The van der Waals surface area contributed by atoms with Crippen molar-refractivity contribution in [3.05, 3.63) is 47.8 Å². The number of aromatic nitrogens is 2. The van der Waals surface area contributed by atoms with E-state index in [0.29, 0.717) is 35.8 Å². The number of nitrogens with one attached hydrogen (secondary N) is 2. The van der Waals surface area contributed by atoms with E-state index in [4.69, 9.17) is 16.1 Å². The molecule has 0 saturated heterocycles. The average Bonchev–Trinajstić information content (AvgIpc) is 2.97. The fourth-order valence-corrected chi connectivity index (χ4v) is 1.72. The molecule has 2 N–H and O–H groups in total. The molecule has 1 heterocycles. The minimum atomic E-state index is 0.386. The lowest BCUT2D eigenvalue weighted by atomic mass is 10.2. The highest BCUT2D eigenvalue weighted by Gasteiger charge is 2.08. The second-order valence-electron chi connectivity index (χ2n) is 4.11. The maximum atomic E-state index is 5.85. The van der Waals surface area contributed by atoms with Crippen LogP contribution in [0.3, 0.4) is 0 Å². The van der Waals surface area contributed by atoms with Crippen molar-refractivity contribution >= 4 is 17.6 Å². The molecular formula is C14H16ClN5O. The van der Waals surface area contributed by atoms with Crippen molar-refractivity contribution in [2.45, 2.75) is 6.54 Å². The molecule has 0 spiro atoms. The Bertz CT molecular complexity index is 621. The quantitative estimate of drug-likeness (QED) is 0.503. The first-order valence-electron chi connectivity index (χ1n) is 6.37. The van der Waals surface area contributed by atoms with E-state index in [-0.39, 0.29) is 0 Å². The minimum absolute atomic E-state index is 0.386. The number of benzene rings is 1. The summed E-state index contributed by atoms with van der Waals surface area (Å²) in [5.74, 6) is 1.64. The van der Waals surface area contributed by atoms with Crippen LogP contribution in [-0.4, -0.2) is 29.7 Å². The maximum Gasteiger partial charge on any atom is 0.246 e. The van der Waals surface area contributed by atoms with Gasteiger partial charge in [0.05, 0.1) is 6.54 Å². The molecule has 0 fully saturated rings. The van der Waals surface area contributed by atoms with Gasteiger partial charge < -0.3 is 15.2 Å². The molecular weight excluding hydrogens is 290 g/mol.